The molecule has 2 N–H and O–H groups in total. The van der Waals surface area contributed by atoms with Crippen molar-refractivity contribution in [3.63, 3.8) is 0 Å². The van der Waals surface area contributed by atoms with Gasteiger partial charge in [0.2, 0.25) is 5.91 Å². The van der Waals surface area contributed by atoms with E-state index in [1.807, 2.05) is 0 Å². The zero-order valence-corrected chi connectivity index (χ0v) is 14.5. The molecule has 0 aromatic heterocycles. The molecule has 0 spiro atoms. The van der Waals surface area contributed by atoms with E-state index in [0.717, 1.165) is 5.75 Å². The summed E-state index contributed by atoms with van der Waals surface area (Å²) in [5.41, 5.74) is -0.909. The first-order valence-corrected chi connectivity index (χ1v) is 8.40. The van der Waals surface area contributed by atoms with Gasteiger partial charge in [-0.15, -0.1) is 0 Å². The van der Waals surface area contributed by atoms with Gasteiger partial charge in [0.25, 0.3) is 0 Å². The van der Waals surface area contributed by atoms with Crippen molar-refractivity contribution in [1.82, 2.24) is 5.32 Å². The Bertz CT molecular complexity index is 565. The maximum absolute atomic E-state index is 11.9. The van der Waals surface area contributed by atoms with E-state index in [1.165, 1.54) is 0 Å². The highest BCUT2D eigenvalue weighted by Gasteiger charge is 2.40. The minimum atomic E-state index is -0.909. The summed E-state index contributed by atoms with van der Waals surface area (Å²) in [5, 5.41) is 12.2. The highest BCUT2D eigenvalue weighted by atomic mass is 16.5. The third-order valence-electron chi connectivity index (χ3n) is 4.40. The molecule has 1 aliphatic rings. The second-order valence-corrected chi connectivity index (χ2v) is 6.10. The number of amides is 1. The number of aliphatic carboxylic acids is 1. The van der Waals surface area contributed by atoms with Gasteiger partial charge in [0, 0.05) is 26.2 Å². The maximum atomic E-state index is 11.9. The van der Waals surface area contributed by atoms with Crippen molar-refractivity contribution in [1.29, 1.82) is 0 Å². The van der Waals surface area contributed by atoms with E-state index >= 15 is 0 Å². The lowest BCUT2D eigenvalue weighted by molar-refractivity contribution is -0.154. The maximum Gasteiger partial charge on any atom is 0.311 e. The number of carboxylic acid groups (broad SMARTS) is 1. The van der Waals surface area contributed by atoms with Crippen LogP contribution in [0.15, 0.2) is 24.3 Å². The minimum Gasteiger partial charge on any atom is -0.497 e. The minimum absolute atomic E-state index is 0.143. The van der Waals surface area contributed by atoms with Crippen molar-refractivity contribution in [3.8, 4) is 11.5 Å². The molecule has 1 fully saturated rings. The Hall–Kier alpha value is -2.28. The quantitative estimate of drug-likeness (QED) is 0.660. The third kappa shape index (κ3) is 5.63. The smallest absolute Gasteiger partial charge is 0.311 e. The molecule has 7 nitrogen and oxygen atoms in total. The summed E-state index contributed by atoms with van der Waals surface area (Å²) < 4.78 is 15.8. The Balaban J connectivity index is 1.67. The summed E-state index contributed by atoms with van der Waals surface area (Å²) in [6.07, 6.45) is 1.69. The average molecular weight is 351 g/mol. The fourth-order valence-electron chi connectivity index (χ4n) is 2.68. The summed E-state index contributed by atoms with van der Waals surface area (Å²) in [5.74, 6) is 0.435. The number of nitrogens with one attached hydrogen (secondary N) is 1. The second kappa shape index (κ2) is 9.27. The van der Waals surface area contributed by atoms with Crippen LogP contribution in [0, 0.1) is 5.41 Å². The van der Waals surface area contributed by atoms with Gasteiger partial charge in [-0.05, 0) is 43.5 Å². The van der Waals surface area contributed by atoms with Gasteiger partial charge in [0.15, 0.2) is 0 Å². The van der Waals surface area contributed by atoms with Gasteiger partial charge >= 0.3 is 5.97 Å². The van der Waals surface area contributed by atoms with E-state index in [9.17, 15) is 14.7 Å². The van der Waals surface area contributed by atoms with Crippen LogP contribution in [-0.2, 0) is 14.3 Å². The van der Waals surface area contributed by atoms with E-state index < -0.39 is 11.4 Å². The molecule has 1 aliphatic heterocycles. The lowest BCUT2D eigenvalue weighted by atomic mass is 9.80. The molecule has 0 bridgehead atoms. The van der Waals surface area contributed by atoms with Crippen molar-refractivity contribution in [2.75, 3.05) is 33.5 Å². The number of ether oxygens (including phenoxy) is 3. The molecule has 1 amide bonds. The Morgan fingerprint density at radius 3 is 2.44 bits per heavy atom. The molecule has 0 unspecified atom stereocenters. The predicted molar refractivity (Wildman–Crippen MR) is 90.9 cm³/mol. The van der Waals surface area contributed by atoms with Crippen molar-refractivity contribution in [2.45, 2.75) is 25.7 Å². The number of methoxy groups -OCH3 is 1. The average Bonchev–Trinajstić information content (AvgIpc) is 2.64. The summed E-state index contributed by atoms with van der Waals surface area (Å²) in [4.78, 5) is 23.5. The first-order chi connectivity index (χ1) is 12.1. The second-order valence-electron chi connectivity index (χ2n) is 6.10. The lowest BCUT2D eigenvalue weighted by Crippen LogP contribution is -2.46. The number of benzene rings is 1. The van der Waals surface area contributed by atoms with E-state index in [2.05, 4.69) is 5.32 Å². The highest BCUT2D eigenvalue weighted by molar-refractivity contribution is 5.79. The van der Waals surface area contributed by atoms with Crippen LogP contribution in [0.3, 0.4) is 0 Å². The molecule has 0 radical (unpaired) electrons. The highest BCUT2D eigenvalue weighted by Crippen LogP contribution is 2.30. The fourth-order valence-corrected chi connectivity index (χ4v) is 2.68. The Labute approximate surface area is 147 Å². The predicted octanol–water partition coefficient (Wildman–Crippen LogP) is 1.85. The first-order valence-electron chi connectivity index (χ1n) is 8.40. The molecule has 1 aromatic carbocycles. The van der Waals surface area contributed by atoms with Crippen molar-refractivity contribution in [3.05, 3.63) is 24.3 Å². The number of carbonyl (C=O) groups excluding carboxylic acids is 1. The van der Waals surface area contributed by atoms with Crippen molar-refractivity contribution < 1.29 is 28.9 Å². The van der Waals surface area contributed by atoms with Gasteiger partial charge in [0.1, 0.15) is 11.5 Å². The summed E-state index contributed by atoms with van der Waals surface area (Å²) in [6.45, 7) is 1.39. The number of hydrogen-bond acceptors (Lipinski definition) is 5. The Kier molecular flexibility index (Phi) is 7.06. The SMILES string of the molecule is COc1ccc(OCCCC(=O)NCC2(C(=O)O)CCOCC2)cc1. The summed E-state index contributed by atoms with van der Waals surface area (Å²) in [7, 11) is 1.60. The van der Waals surface area contributed by atoms with Crippen LogP contribution in [0.4, 0.5) is 0 Å². The zero-order valence-electron chi connectivity index (χ0n) is 14.5. The van der Waals surface area contributed by atoms with Crippen molar-refractivity contribution >= 4 is 11.9 Å². The van der Waals surface area contributed by atoms with Gasteiger partial charge in [-0.2, -0.15) is 0 Å². The van der Waals surface area contributed by atoms with Gasteiger partial charge in [-0.25, -0.2) is 0 Å². The van der Waals surface area contributed by atoms with Crippen LogP contribution in [0.5, 0.6) is 11.5 Å². The van der Waals surface area contributed by atoms with E-state index in [0.29, 0.717) is 51.3 Å². The number of hydrogen-bond donors (Lipinski definition) is 2. The number of carbonyl (C=O) groups is 2. The standard InChI is InChI=1S/C18H25NO6/c1-23-14-4-6-15(7-5-14)25-10-2-3-16(20)19-13-18(17(21)22)8-11-24-12-9-18/h4-7H,2-3,8-13H2,1H3,(H,19,20)(H,21,22). The summed E-state index contributed by atoms with van der Waals surface area (Å²) in [6, 6.07) is 7.23. The molecule has 7 heteroatoms. The largest absolute Gasteiger partial charge is 0.497 e. The molecule has 0 atom stereocenters. The van der Waals surface area contributed by atoms with Gasteiger partial charge < -0.3 is 24.6 Å². The van der Waals surface area contributed by atoms with Gasteiger partial charge in [-0.3, -0.25) is 9.59 Å². The summed E-state index contributed by atoms with van der Waals surface area (Å²) >= 11 is 0. The van der Waals surface area contributed by atoms with Crippen molar-refractivity contribution in [2.24, 2.45) is 5.41 Å². The molecule has 138 valence electrons. The monoisotopic (exact) mass is 351 g/mol. The molecule has 25 heavy (non-hydrogen) atoms. The van der Waals surface area contributed by atoms with E-state index in [1.54, 1.807) is 31.4 Å². The lowest BCUT2D eigenvalue weighted by Gasteiger charge is -2.33. The van der Waals surface area contributed by atoms with Crippen LogP contribution in [-0.4, -0.2) is 50.5 Å². The normalized spacial score (nSPS) is 16.0. The Morgan fingerprint density at radius 1 is 1.20 bits per heavy atom. The number of rotatable bonds is 9. The third-order valence-corrected chi connectivity index (χ3v) is 4.40. The Morgan fingerprint density at radius 2 is 1.84 bits per heavy atom. The van der Waals surface area contributed by atoms with E-state index in [-0.39, 0.29) is 12.5 Å². The zero-order chi connectivity index (χ0) is 18.1. The van der Waals surface area contributed by atoms with E-state index in [4.69, 9.17) is 14.2 Å². The molecule has 1 aromatic rings. The van der Waals surface area contributed by atoms with Crippen LogP contribution in [0.25, 0.3) is 0 Å². The molecule has 0 saturated carbocycles. The fraction of sp³-hybridized carbons (Fsp3) is 0.556. The molecular weight excluding hydrogens is 326 g/mol. The van der Waals surface area contributed by atoms with Crippen LogP contribution < -0.4 is 14.8 Å². The number of carboxylic acids is 1. The molecule has 2 rings (SSSR count). The topological polar surface area (TPSA) is 94.1 Å². The molecule has 1 heterocycles. The van der Waals surface area contributed by atoms with Gasteiger partial charge in [0.05, 0.1) is 19.1 Å². The molecule has 1 saturated heterocycles. The molecule has 0 aliphatic carbocycles. The van der Waals surface area contributed by atoms with Crippen LogP contribution in [0.2, 0.25) is 0 Å². The first kappa shape index (κ1) is 19.1. The van der Waals surface area contributed by atoms with Crippen LogP contribution in [0.1, 0.15) is 25.7 Å². The van der Waals surface area contributed by atoms with Crippen LogP contribution >= 0.6 is 0 Å². The molecular formula is C18H25NO6. The van der Waals surface area contributed by atoms with Gasteiger partial charge in [-0.1, -0.05) is 0 Å².